The number of nitrogens with zero attached hydrogens (tertiary/aromatic N) is 3. The molecule has 0 aliphatic rings. The highest BCUT2D eigenvalue weighted by Gasteiger charge is 2.34. The molecule has 0 saturated carbocycles. The highest BCUT2D eigenvalue weighted by Crippen LogP contribution is 2.39. The fraction of sp³-hybridized carbons (Fsp3) is 0.158. The lowest BCUT2D eigenvalue weighted by Gasteiger charge is -2.13. The Hall–Kier alpha value is -3.40. The number of ether oxygens (including phenoxy) is 1. The second-order valence-corrected chi connectivity index (χ2v) is 6.71. The molecular weight excluding hydrogens is 425 g/mol. The van der Waals surface area contributed by atoms with Crippen LogP contribution in [0.25, 0.3) is 0 Å². The van der Waals surface area contributed by atoms with Gasteiger partial charge >= 0.3 is 17.7 Å². The van der Waals surface area contributed by atoms with Crippen LogP contribution in [0.15, 0.2) is 42.7 Å². The van der Waals surface area contributed by atoms with E-state index in [2.05, 4.69) is 15.3 Å². The minimum Gasteiger partial charge on any atom is -0.434 e. The summed E-state index contributed by atoms with van der Waals surface area (Å²) in [6.07, 6.45) is -3.68. The number of hydrogen-bond donors (Lipinski definition) is 1. The van der Waals surface area contributed by atoms with Crippen molar-refractivity contribution in [2.24, 2.45) is 0 Å². The van der Waals surface area contributed by atoms with Crippen molar-refractivity contribution >= 4 is 28.8 Å². The molecule has 2 aromatic carbocycles. The van der Waals surface area contributed by atoms with Gasteiger partial charge in [0.25, 0.3) is 0 Å². The molecule has 0 bridgehead atoms. The van der Waals surface area contributed by atoms with Crippen molar-refractivity contribution in [3.63, 3.8) is 0 Å². The van der Waals surface area contributed by atoms with E-state index in [4.69, 9.17) is 16.3 Å². The number of hydrogen-bond acceptors (Lipinski definition) is 6. The Bertz CT molecular complexity index is 1120. The normalized spacial score (nSPS) is 11.3. The van der Waals surface area contributed by atoms with Crippen molar-refractivity contribution in [2.75, 3.05) is 5.32 Å². The predicted molar refractivity (Wildman–Crippen MR) is 104 cm³/mol. The molecule has 3 rings (SSSR count). The molecule has 1 N–H and O–H groups in total. The molecule has 7 nitrogen and oxygen atoms in total. The maximum absolute atomic E-state index is 13.1. The molecule has 11 heteroatoms. The summed E-state index contributed by atoms with van der Waals surface area (Å²) in [5.74, 6) is -0.369. The topological polar surface area (TPSA) is 90.2 Å². The van der Waals surface area contributed by atoms with Crippen LogP contribution < -0.4 is 10.1 Å². The fourth-order valence-corrected chi connectivity index (χ4v) is 2.76. The number of rotatable bonds is 5. The molecule has 0 fully saturated rings. The van der Waals surface area contributed by atoms with Crippen molar-refractivity contribution in [1.29, 1.82) is 0 Å². The predicted octanol–water partition coefficient (Wildman–Crippen LogP) is 6.21. The van der Waals surface area contributed by atoms with Crippen molar-refractivity contribution in [1.82, 2.24) is 9.97 Å². The molecule has 1 heterocycles. The molecule has 0 unspecified atom stereocenters. The highest BCUT2D eigenvalue weighted by molar-refractivity contribution is 6.31. The third-order valence-corrected chi connectivity index (χ3v) is 4.53. The molecule has 1 aromatic heterocycles. The zero-order chi connectivity index (χ0) is 22.1. The molecule has 30 heavy (non-hydrogen) atoms. The summed E-state index contributed by atoms with van der Waals surface area (Å²) in [5, 5.41) is 13.6. The summed E-state index contributed by atoms with van der Waals surface area (Å²) in [4.78, 5) is 18.4. The van der Waals surface area contributed by atoms with Gasteiger partial charge in [-0.25, -0.2) is 4.98 Å². The third kappa shape index (κ3) is 4.60. The molecule has 0 atom stereocenters. The van der Waals surface area contributed by atoms with Gasteiger partial charge in [-0.05, 0) is 55.3 Å². The molecule has 0 saturated heterocycles. The lowest BCUT2D eigenvalue weighted by atomic mass is 10.1. The first-order chi connectivity index (χ1) is 14.1. The van der Waals surface area contributed by atoms with Crippen molar-refractivity contribution in [3.05, 3.63) is 74.6 Å². The van der Waals surface area contributed by atoms with E-state index in [1.807, 2.05) is 13.8 Å². The first-order valence-electron chi connectivity index (χ1n) is 8.44. The van der Waals surface area contributed by atoms with Gasteiger partial charge in [-0.15, -0.1) is 0 Å². The maximum Gasteiger partial charge on any atom is 0.417 e. The van der Waals surface area contributed by atoms with Gasteiger partial charge in [-0.2, -0.15) is 18.2 Å². The lowest BCUT2D eigenvalue weighted by Crippen LogP contribution is -2.07. The second kappa shape index (κ2) is 8.15. The van der Waals surface area contributed by atoms with Crippen LogP contribution in [-0.4, -0.2) is 14.9 Å². The zero-order valence-corrected chi connectivity index (χ0v) is 16.4. The van der Waals surface area contributed by atoms with Crippen LogP contribution >= 0.6 is 11.6 Å². The number of halogens is 4. The maximum atomic E-state index is 13.1. The van der Waals surface area contributed by atoms with E-state index in [9.17, 15) is 23.3 Å². The van der Waals surface area contributed by atoms with E-state index in [0.29, 0.717) is 5.75 Å². The molecule has 0 amide bonds. The largest absolute Gasteiger partial charge is 0.434 e. The Kier molecular flexibility index (Phi) is 5.79. The Morgan fingerprint density at radius 1 is 1.10 bits per heavy atom. The molecule has 156 valence electrons. The van der Waals surface area contributed by atoms with Crippen LogP contribution in [0.5, 0.6) is 11.6 Å². The third-order valence-electron chi connectivity index (χ3n) is 4.20. The minimum absolute atomic E-state index is 0.0920. The van der Waals surface area contributed by atoms with E-state index in [-0.39, 0.29) is 17.4 Å². The van der Waals surface area contributed by atoms with Gasteiger partial charge < -0.3 is 10.1 Å². The van der Waals surface area contributed by atoms with Crippen LogP contribution in [0.4, 0.5) is 30.4 Å². The second-order valence-electron chi connectivity index (χ2n) is 6.30. The number of nitrogens with one attached hydrogen (secondary N) is 1. The summed E-state index contributed by atoms with van der Waals surface area (Å²) < 4.78 is 44.8. The molecule has 3 aromatic rings. The average Bonchev–Trinajstić information content (AvgIpc) is 2.65. The highest BCUT2D eigenvalue weighted by atomic mass is 35.5. The number of aryl methyl sites for hydroxylation is 2. The van der Waals surface area contributed by atoms with Gasteiger partial charge in [0, 0.05) is 5.69 Å². The fourth-order valence-electron chi connectivity index (χ4n) is 2.54. The number of alkyl halides is 3. The van der Waals surface area contributed by atoms with Crippen molar-refractivity contribution < 1.29 is 22.8 Å². The van der Waals surface area contributed by atoms with Gasteiger partial charge in [0.2, 0.25) is 5.82 Å². The van der Waals surface area contributed by atoms with Crippen LogP contribution in [-0.2, 0) is 6.18 Å². The Balaban J connectivity index is 1.99. The van der Waals surface area contributed by atoms with Crippen molar-refractivity contribution in [3.8, 4) is 11.6 Å². The van der Waals surface area contributed by atoms with E-state index < -0.39 is 27.4 Å². The van der Waals surface area contributed by atoms with Gasteiger partial charge in [-0.1, -0.05) is 17.7 Å². The molecule has 0 aliphatic heterocycles. The average molecular weight is 439 g/mol. The van der Waals surface area contributed by atoms with Gasteiger partial charge in [0.15, 0.2) is 0 Å². The molecule has 0 aliphatic carbocycles. The van der Waals surface area contributed by atoms with Crippen LogP contribution in [0, 0.1) is 24.0 Å². The molecule has 0 radical (unpaired) electrons. The zero-order valence-electron chi connectivity index (χ0n) is 15.6. The van der Waals surface area contributed by atoms with Crippen LogP contribution in [0.2, 0.25) is 5.02 Å². The quantitative estimate of drug-likeness (QED) is 0.376. The lowest BCUT2D eigenvalue weighted by molar-refractivity contribution is -0.385. The van der Waals surface area contributed by atoms with E-state index in [1.54, 1.807) is 18.2 Å². The Labute approximate surface area is 173 Å². The number of aromatic nitrogens is 2. The number of benzene rings is 2. The van der Waals surface area contributed by atoms with E-state index in [1.165, 1.54) is 6.07 Å². The van der Waals surface area contributed by atoms with Crippen molar-refractivity contribution in [2.45, 2.75) is 20.0 Å². The molecule has 0 spiro atoms. The molecular formula is C19H14ClF3N4O3. The van der Waals surface area contributed by atoms with Gasteiger partial charge in [-0.3, -0.25) is 10.1 Å². The standard InChI is InChI=1S/C19H14ClF3N4O3/c1-10-3-5-13(7-11(10)2)30-18-16(27(28)29)17(24-9-25-18)26-12-4-6-15(20)14(8-12)19(21,22)23/h3-9H,1-2H3,(H,24,25,26). The summed E-state index contributed by atoms with van der Waals surface area (Å²) in [7, 11) is 0. The smallest absolute Gasteiger partial charge is 0.417 e. The first kappa shape index (κ1) is 21.3. The summed E-state index contributed by atoms with van der Waals surface area (Å²) in [6, 6.07) is 8.10. The van der Waals surface area contributed by atoms with E-state index >= 15 is 0 Å². The van der Waals surface area contributed by atoms with Gasteiger partial charge in [0.05, 0.1) is 15.5 Å². The minimum atomic E-state index is -4.69. The summed E-state index contributed by atoms with van der Waals surface area (Å²) >= 11 is 5.60. The number of anilines is 2. The van der Waals surface area contributed by atoms with E-state index in [0.717, 1.165) is 29.6 Å². The van der Waals surface area contributed by atoms with Crippen LogP contribution in [0.1, 0.15) is 16.7 Å². The SMILES string of the molecule is Cc1ccc(Oc2ncnc(Nc3ccc(Cl)c(C(F)(F)F)c3)c2[N+](=O)[O-])cc1C. The Morgan fingerprint density at radius 2 is 1.83 bits per heavy atom. The number of nitro groups is 1. The monoisotopic (exact) mass is 438 g/mol. The summed E-state index contributed by atoms with van der Waals surface area (Å²) in [6.45, 7) is 3.75. The Morgan fingerprint density at radius 3 is 2.47 bits per heavy atom. The first-order valence-corrected chi connectivity index (χ1v) is 8.82. The summed E-state index contributed by atoms with van der Waals surface area (Å²) in [5.41, 5.74) is 0.107. The van der Waals surface area contributed by atoms with Gasteiger partial charge in [0.1, 0.15) is 12.1 Å². The van der Waals surface area contributed by atoms with Crippen LogP contribution in [0.3, 0.4) is 0 Å².